The molecule has 0 aliphatic heterocycles. The summed E-state index contributed by atoms with van der Waals surface area (Å²) in [6, 6.07) is 1.71. The van der Waals surface area contributed by atoms with Crippen LogP contribution in [-0.4, -0.2) is 22.1 Å². The van der Waals surface area contributed by atoms with Gasteiger partial charge in [0.25, 0.3) is 0 Å². The number of hydrogen-bond acceptors (Lipinski definition) is 3. The second-order valence-electron chi connectivity index (χ2n) is 5.76. The number of aromatic nitrogens is 1. The van der Waals surface area contributed by atoms with Gasteiger partial charge in [-0.1, -0.05) is 0 Å². The predicted molar refractivity (Wildman–Crippen MR) is 68.6 cm³/mol. The van der Waals surface area contributed by atoms with Gasteiger partial charge in [-0.25, -0.2) is 4.98 Å². The van der Waals surface area contributed by atoms with E-state index < -0.39 is 29.7 Å². The Bertz CT molecular complexity index is 561. The van der Waals surface area contributed by atoms with Crippen molar-refractivity contribution < 1.29 is 23.1 Å². The van der Waals surface area contributed by atoms with E-state index >= 15 is 0 Å². The van der Waals surface area contributed by atoms with Crippen LogP contribution in [0.5, 0.6) is 0 Å². The molecule has 21 heavy (non-hydrogen) atoms. The number of nitrogens with zero attached hydrogens (tertiary/aromatic N) is 1. The summed E-state index contributed by atoms with van der Waals surface area (Å²) in [4.78, 5) is 15.2. The normalized spacial score (nSPS) is 31.4. The van der Waals surface area contributed by atoms with Gasteiger partial charge in [-0.05, 0) is 43.2 Å². The molecule has 4 unspecified atom stereocenters. The Morgan fingerprint density at radius 3 is 2.71 bits per heavy atom. The van der Waals surface area contributed by atoms with Gasteiger partial charge in [0.2, 0.25) is 0 Å². The lowest BCUT2D eigenvalue weighted by Gasteiger charge is -2.30. The molecular formula is C14H15F3N2O2. The Morgan fingerprint density at radius 2 is 2.05 bits per heavy atom. The number of rotatable bonds is 3. The van der Waals surface area contributed by atoms with Crippen LogP contribution in [-0.2, 0) is 11.0 Å². The second kappa shape index (κ2) is 4.89. The highest BCUT2D eigenvalue weighted by atomic mass is 19.4. The third-order valence-electron chi connectivity index (χ3n) is 4.62. The van der Waals surface area contributed by atoms with Crippen LogP contribution in [0.3, 0.4) is 0 Å². The molecule has 2 bridgehead atoms. The summed E-state index contributed by atoms with van der Waals surface area (Å²) in [5.74, 6) is -1.67. The number of carboxylic acid groups (broad SMARTS) is 1. The van der Waals surface area contributed by atoms with Crippen LogP contribution in [0, 0.1) is 17.8 Å². The first kappa shape index (κ1) is 14.2. The third kappa shape index (κ3) is 2.45. The number of hydrogen-bond donors (Lipinski definition) is 2. The molecule has 7 heteroatoms. The van der Waals surface area contributed by atoms with Crippen molar-refractivity contribution in [2.45, 2.75) is 31.5 Å². The maximum atomic E-state index is 13.0. The zero-order valence-corrected chi connectivity index (χ0v) is 11.1. The standard InChI is InChI=1S/C14H15F3N2O2/c15-14(16,17)9-2-1-5-18-12(9)19-11-8-4-3-7(6-8)10(11)13(20)21/h1-2,5,7-8,10-11H,3-4,6H2,(H,18,19)(H,20,21). The topological polar surface area (TPSA) is 62.2 Å². The van der Waals surface area contributed by atoms with E-state index in [1.54, 1.807) is 0 Å². The molecule has 4 nitrogen and oxygen atoms in total. The van der Waals surface area contributed by atoms with Crippen LogP contribution in [0.2, 0.25) is 0 Å². The summed E-state index contributed by atoms with van der Waals surface area (Å²) in [6.45, 7) is 0. The molecule has 0 saturated heterocycles. The number of carboxylic acids is 1. The number of alkyl halides is 3. The number of pyridine rings is 1. The number of carbonyl (C=O) groups is 1. The van der Waals surface area contributed by atoms with Gasteiger partial charge in [0.15, 0.2) is 0 Å². The Labute approximate surface area is 119 Å². The van der Waals surface area contributed by atoms with Crippen LogP contribution in [0.4, 0.5) is 19.0 Å². The lowest BCUT2D eigenvalue weighted by Crippen LogP contribution is -2.40. The smallest absolute Gasteiger partial charge is 0.419 e. The van der Waals surface area contributed by atoms with Crippen molar-refractivity contribution in [1.29, 1.82) is 0 Å². The Balaban J connectivity index is 1.89. The molecule has 0 amide bonds. The summed E-state index contributed by atoms with van der Waals surface area (Å²) in [6.07, 6.45) is -0.759. The molecule has 1 aromatic rings. The van der Waals surface area contributed by atoms with Gasteiger partial charge in [-0.2, -0.15) is 13.2 Å². The number of nitrogens with one attached hydrogen (secondary N) is 1. The van der Waals surface area contributed by atoms with Gasteiger partial charge in [-0.15, -0.1) is 0 Å². The first-order valence-electron chi connectivity index (χ1n) is 6.89. The van der Waals surface area contributed by atoms with E-state index in [0.717, 1.165) is 25.3 Å². The summed E-state index contributed by atoms with van der Waals surface area (Å²) >= 11 is 0. The molecule has 0 radical (unpaired) electrons. The van der Waals surface area contributed by atoms with Crippen LogP contribution in [0.15, 0.2) is 18.3 Å². The molecule has 2 fully saturated rings. The van der Waals surface area contributed by atoms with Crippen LogP contribution in [0.25, 0.3) is 0 Å². The fourth-order valence-electron chi connectivity index (χ4n) is 3.76. The minimum atomic E-state index is -4.51. The molecule has 4 atom stereocenters. The van der Waals surface area contributed by atoms with Crippen molar-refractivity contribution in [2.24, 2.45) is 17.8 Å². The zero-order chi connectivity index (χ0) is 15.2. The van der Waals surface area contributed by atoms with Crippen molar-refractivity contribution in [2.75, 3.05) is 5.32 Å². The van der Waals surface area contributed by atoms with Crippen LogP contribution < -0.4 is 5.32 Å². The van der Waals surface area contributed by atoms with Gasteiger partial charge >= 0.3 is 12.1 Å². The molecule has 1 heterocycles. The monoisotopic (exact) mass is 300 g/mol. The highest BCUT2D eigenvalue weighted by Crippen LogP contribution is 2.50. The minimum absolute atomic E-state index is 0.0584. The van der Waals surface area contributed by atoms with E-state index in [1.165, 1.54) is 12.3 Å². The number of halogens is 3. The summed E-state index contributed by atoms with van der Waals surface area (Å²) in [7, 11) is 0. The van der Waals surface area contributed by atoms with Crippen molar-refractivity contribution in [3.05, 3.63) is 23.9 Å². The lowest BCUT2D eigenvalue weighted by molar-refractivity contribution is -0.143. The third-order valence-corrected chi connectivity index (χ3v) is 4.62. The fraction of sp³-hybridized carbons (Fsp3) is 0.571. The number of fused-ring (bicyclic) bond motifs is 2. The second-order valence-corrected chi connectivity index (χ2v) is 5.76. The molecule has 0 aromatic carbocycles. The SMILES string of the molecule is O=C(O)C1C2CCC(C2)C1Nc1ncccc1C(F)(F)F. The summed E-state index contributed by atoms with van der Waals surface area (Å²) < 4.78 is 38.9. The molecular weight excluding hydrogens is 285 g/mol. The molecule has 114 valence electrons. The van der Waals surface area contributed by atoms with Gasteiger partial charge in [0.05, 0.1) is 11.5 Å². The molecule has 0 spiro atoms. The first-order chi connectivity index (χ1) is 9.88. The molecule has 3 rings (SSSR count). The average molecular weight is 300 g/mol. The molecule has 2 aliphatic rings. The molecule has 2 N–H and O–H groups in total. The summed E-state index contributed by atoms with van der Waals surface area (Å²) in [5.41, 5.74) is -0.850. The highest BCUT2D eigenvalue weighted by Gasteiger charge is 2.51. The number of anilines is 1. The maximum Gasteiger partial charge on any atom is 0.419 e. The maximum absolute atomic E-state index is 13.0. The molecule has 2 aliphatic carbocycles. The van der Waals surface area contributed by atoms with E-state index in [9.17, 15) is 23.1 Å². The zero-order valence-electron chi connectivity index (χ0n) is 11.1. The van der Waals surface area contributed by atoms with Gasteiger partial charge in [0.1, 0.15) is 5.82 Å². The Morgan fingerprint density at radius 1 is 1.33 bits per heavy atom. The molecule has 1 aromatic heterocycles. The predicted octanol–water partition coefficient (Wildman–Crippen LogP) is 3.01. The van der Waals surface area contributed by atoms with Crippen molar-refractivity contribution in [3.63, 3.8) is 0 Å². The largest absolute Gasteiger partial charge is 0.481 e. The quantitative estimate of drug-likeness (QED) is 0.901. The Hall–Kier alpha value is -1.79. The van der Waals surface area contributed by atoms with E-state index in [4.69, 9.17) is 0 Å². The Kier molecular flexibility index (Phi) is 3.30. The number of aliphatic carboxylic acids is 1. The van der Waals surface area contributed by atoms with Gasteiger partial charge in [-0.3, -0.25) is 4.79 Å². The van der Waals surface area contributed by atoms with Crippen LogP contribution in [0.1, 0.15) is 24.8 Å². The van der Waals surface area contributed by atoms with Gasteiger partial charge < -0.3 is 10.4 Å². The van der Waals surface area contributed by atoms with E-state index in [2.05, 4.69) is 10.3 Å². The lowest BCUT2D eigenvalue weighted by atomic mass is 9.84. The average Bonchev–Trinajstić information content (AvgIpc) is 2.98. The first-order valence-corrected chi connectivity index (χ1v) is 6.89. The van der Waals surface area contributed by atoms with Crippen molar-refractivity contribution in [3.8, 4) is 0 Å². The van der Waals surface area contributed by atoms with Crippen LogP contribution >= 0.6 is 0 Å². The summed E-state index contributed by atoms with van der Waals surface area (Å²) in [5, 5.41) is 12.1. The van der Waals surface area contributed by atoms with E-state index in [1.807, 2.05) is 0 Å². The highest BCUT2D eigenvalue weighted by molar-refractivity contribution is 5.73. The minimum Gasteiger partial charge on any atom is -0.481 e. The van der Waals surface area contributed by atoms with Crippen molar-refractivity contribution in [1.82, 2.24) is 4.98 Å². The van der Waals surface area contributed by atoms with E-state index in [-0.39, 0.29) is 17.7 Å². The molecule has 2 saturated carbocycles. The van der Waals surface area contributed by atoms with Crippen molar-refractivity contribution >= 4 is 11.8 Å². The fourth-order valence-corrected chi connectivity index (χ4v) is 3.76. The van der Waals surface area contributed by atoms with Gasteiger partial charge in [0, 0.05) is 12.2 Å². The van der Waals surface area contributed by atoms with E-state index in [0.29, 0.717) is 0 Å².